The van der Waals surface area contributed by atoms with Crippen molar-refractivity contribution in [2.75, 3.05) is 30.3 Å². The minimum absolute atomic E-state index is 0.0490. The molecule has 3 N–H and O–H groups in total. The molecule has 1 saturated heterocycles. The number of sulfonamides is 1. The van der Waals surface area contributed by atoms with Gasteiger partial charge in [-0.15, -0.1) is 0 Å². The topological polar surface area (TPSA) is 125 Å². The van der Waals surface area contributed by atoms with E-state index in [4.69, 9.17) is 0 Å². The summed E-state index contributed by atoms with van der Waals surface area (Å²) in [5.74, 6) is -2.11. The van der Waals surface area contributed by atoms with Crippen molar-refractivity contribution in [3.8, 4) is 0 Å². The Labute approximate surface area is 201 Å². The molecule has 0 unspecified atom stereocenters. The van der Waals surface area contributed by atoms with Crippen LogP contribution in [-0.4, -0.2) is 50.1 Å². The van der Waals surface area contributed by atoms with Gasteiger partial charge in [0.15, 0.2) is 0 Å². The molecule has 3 aromatic carbocycles. The zero-order valence-electron chi connectivity index (χ0n) is 18.3. The van der Waals surface area contributed by atoms with Gasteiger partial charge in [-0.05, 0) is 48.5 Å². The highest BCUT2D eigenvalue weighted by atomic mass is 32.2. The van der Waals surface area contributed by atoms with Gasteiger partial charge in [0, 0.05) is 24.3 Å². The lowest BCUT2D eigenvalue weighted by atomic mass is 10.1. The second-order valence-electron chi connectivity index (χ2n) is 7.68. The number of para-hydroxylation sites is 1. The summed E-state index contributed by atoms with van der Waals surface area (Å²) < 4.78 is 40.4. The predicted octanol–water partition coefficient (Wildman–Crippen LogP) is 2.45. The van der Waals surface area contributed by atoms with Crippen LogP contribution in [0.3, 0.4) is 0 Å². The lowest BCUT2D eigenvalue weighted by Gasteiger charge is -2.26. The van der Waals surface area contributed by atoms with Crippen LogP contribution in [0.4, 0.5) is 15.8 Å². The summed E-state index contributed by atoms with van der Waals surface area (Å²) in [5, 5.41) is 7.76. The molecule has 3 amide bonds. The van der Waals surface area contributed by atoms with E-state index in [0.717, 1.165) is 10.4 Å². The van der Waals surface area contributed by atoms with Crippen LogP contribution in [0.5, 0.6) is 0 Å². The van der Waals surface area contributed by atoms with Gasteiger partial charge in [-0.1, -0.05) is 24.3 Å². The zero-order valence-corrected chi connectivity index (χ0v) is 19.1. The molecule has 1 aliphatic rings. The fourth-order valence-corrected chi connectivity index (χ4v) is 4.96. The molecule has 3 aromatic rings. The predicted molar refractivity (Wildman–Crippen MR) is 127 cm³/mol. The first-order valence-corrected chi connectivity index (χ1v) is 12.0. The van der Waals surface area contributed by atoms with Crippen LogP contribution in [0.15, 0.2) is 77.7 Å². The number of amides is 3. The molecular formula is C24H21FN4O5S. The van der Waals surface area contributed by atoms with Gasteiger partial charge in [0.05, 0.1) is 22.7 Å². The number of carbonyl (C=O) groups is 3. The van der Waals surface area contributed by atoms with E-state index in [1.54, 1.807) is 12.1 Å². The number of halogens is 1. The number of nitrogens with one attached hydrogen (secondary N) is 3. The Morgan fingerprint density at radius 1 is 0.914 bits per heavy atom. The van der Waals surface area contributed by atoms with Crippen molar-refractivity contribution in [3.05, 3.63) is 89.7 Å². The van der Waals surface area contributed by atoms with Crippen LogP contribution < -0.4 is 16.0 Å². The Morgan fingerprint density at radius 3 is 2.46 bits per heavy atom. The van der Waals surface area contributed by atoms with Gasteiger partial charge < -0.3 is 16.0 Å². The van der Waals surface area contributed by atoms with Gasteiger partial charge in [-0.2, -0.15) is 4.31 Å². The molecule has 180 valence electrons. The van der Waals surface area contributed by atoms with Crippen molar-refractivity contribution in [1.29, 1.82) is 0 Å². The van der Waals surface area contributed by atoms with Crippen LogP contribution >= 0.6 is 0 Å². The molecule has 9 nitrogen and oxygen atoms in total. The molecule has 0 atom stereocenters. The number of carbonyl (C=O) groups excluding carboxylic acids is 3. The second kappa shape index (κ2) is 10.0. The van der Waals surface area contributed by atoms with E-state index in [0.29, 0.717) is 0 Å². The third-order valence-corrected chi connectivity index (χ3v) is 7.08. The van der Waals surface area contributed by atoms with Gasteiger partial charge in [-0.3, -0.25) is 14.4 Å². The summed E-state index contributed by atoms with van der Waals surface area (Å²) in [4.78, 5) is 37.2. The molecule has 0 spiro atoms. The Kier molecular flexibility index (Phi) is 6.90. The lowest BCUT2D eigenvalue weighted by Crippen LogP contribution is -2.49. The highest BCUT2D eigenvalue weighted by molar-refractivity contribution is 7.89. The Morgan fingerprint density at radius 2 is 1.69 bits per heavy atom. The molecular weight excluding hydrogens is 475 g/mol. The van der Waals surface area contributed by atoms with E-state index in [-0.39, 0.29) is 47.0 Å². The standard InChI is InChI=1S/C24H21FN4O5S/c25-17-6-4-7-18(14-17)27-24(32)20-9-1-2-10-21(20)28-23(31)16-5-3-8-19(13-16)35(33,34)29-12-11-26-22(30)15-29/h1-10,13-14H,11-12,15H2,(H,26,30)(H,27,32)(H,28,31). The molecule has 35 heavy (non-hydrogen) atoms. The first-order chi connectivity index (χ1) is 16.7. The van der Waals surface area contributed by atoms with Crippen molar-refractivity contribution in [1.82, 2.24) is 9.62 Å². The normalized spacial score (nSPS) is 14.1. The monoisotopic (exact) mass is 496 g/mol. The Bertz CT molecular complexity index is 1410. The van der Waals surface area contributed by atoms with E-state index in [2.05, 4.69) is 16.0 Å². The molecule has 0 radical (unpaired) electrons. The summed E-state index contributed by atoms with van der Waals surface area (Å²) in [6, 6.07) is 17.1. The quantitative estimate of drug-likeness (QED) is 0.484. The fraction of sp³-hybridized carbons (Fsp3) is 0.125. The average Bonchev–Trinajstić information content (AvgIpc) is 2.84. The molecule has 11 heteroatoms. The van der Waals surface area contributed by atoms with Crippen LogP contribution in [-0.2, 0) is 14.8 Å². The molecule has 1 aliphatic heterocycles. The molecule has 0 aromatic heterocycles. The molecule has 0 aliphatic carbocycles. The van der Waals surface area contributed by atoms with Crippen LogP contribution in [0.2, 0.25) is 0 Å². The maximum atomic E-state index is 13.4. The number of anilines is 2. The van der Waals surface area contributed by atoms with Crippen molar-refractivity contribution >= 4 is 39.1 Å². The highest BCUT2D eigenvalue weighted by Crippen LogP contribution is 2.21. The van der Waals surface area contributed by atoms with Crippen LogP contribution in [0.25, 0.3) is 0 Å². The molecule has 1 heterocycles. The van der Waals surface area contributed by atoms with E-state index >= 15 is 0 Å². The SMILES string of the molecule is O=C1CN(S(=O)(=O)c2cccc(C(=O)Nc3ccccc3C(=O)Nc3cccc(F)c3)c2)CCN1. The Hall–Kier alpha value is -4.09. The zero-order chi connectivity index (χ0) is 25.0. The number of nitrogens with zero attached hydrogens (tertiary/aromatic N) is 1. The van der Waals surface area contributed by atoms with E-state index in [9.17, 15) is 27.2 Å². The molecule has 0 saturated carbocycles. The minimum Gasteiger partial charge on any atom is -0.354 e. The molecule has 1 fully saturated rings. The summed E-state index contributed by atoms with van der Waals surface area (Å²) in [5.41, 5.74) is 0.619. The maximum Gasteiger partial charge on any atom is 0.257 e. The van der Waals surface area contributed by atoms with Crippen molar-refractivity contribution in [3.63, 3.8) is 0 Å². The van der Waals surface area contributed by atoms with Gasteiger partial charge in [-0.25, -0.2) is 12.8 Å². The van der Waals surface area contributed by atoms with Gasteiger partial charge in [0.1, 0.15) is 5.82 Å². The van der Waals surface area contributed by atoms with Crippen molar-refractivity contribution in [2.45, 2.75) is 4.90 Å². The number of hydrogen-bond acceptors (Lipinski definition) is 5. The van der Waals surface area contributed by atoms with Gasteiger partial charge >= 0.3 is 0 Å². The van der Waals surface area contributed by atoms with Crippen molar-refractivity contribution < 1.29 is 27.2 Å². The third kappa shape index (κ3) is 5.53. The van der Waals surface area contributed by atoms with E-state index in [1.165, 1.54) is 54.6 Å². The van der Waals surface area contributed by atoms with Gasteiger partial charge in [0.2, 0.25) is 15.9 Å². The maximum absolute atomic E-state index is 13.4. The lowest BCUT2D eigenvalue weighted by molar-refractivity contribution is -0.122. The second-order valence-corrected chi connectivity index (χ2v) is 9.62. The van der Waals surface area contributed by atoms with E-state index in [1.807, 2.05) is 0 Å². The summed E-state index contributed by atoms with van der Waals surface area (Å²) in [6.45, 7) is 0.0254. The largest absolute Gasteiger partial charge is 0.354 e. The third-order valence-electron chi connectivity index (χ3n) is 5.24. The number of rotatable bonds is 6. The van der Waals surface area contributed by atoms with E-state index < -0.39 is 33.6 Å². The number of piperazine rings is 1. The fourth-order valence-electron chi connectivity index (χ4n) is 3.52. The number of hydrogen-bond donors (Lipinski definition) is 3. The first-order valence-electron chi connectivity index (χ1n) is 10.6. The summed E-state index contributed by atoms with van der Waals surface area (Å²) in [6.07, 6.45) is 0. The smallest absolute Gasteiger partial charge is 0.257 e. The minimum atomic E-state index is -3.99. The van der Waals surface area contributed by atoms with Crippen LogP contribution in [0.1, 0.15) is 20.7 Å². The average molecular weight is 497 g/mol. The van der Waals surface area contributed by atoms with Crippen LogP contribution in [0, 0.1) is 5.82 Å². The number of benzene rings is 3. The first kappa shape index (κ1) is 24.0. The molecule has 4 rings (SSSR count). The summed E-state index contributed by atoms with van der Waals surface area (Å²) >= 11 is 0. The van der Waals surface area contributed by atoms with Crippen molar-refractivity contribution in [2.24, 2.45) is 0 Å². The molecule has 0 bridgehead atoms. The highest BCUT2D eigenvalue weighted by Gasteiger charge is 2.29. The van der Waals surface area contributed by atoms with Gasteiger partial charge in [0.25, 0.3) is 11.8 Å². The summed E-state index contributed by atoms with van der Waals surface area (Å²) in [7, 11) is -3.99. The Balaban J connectivity index is 1.54.